The van der Waals surface area contributed by atoms with Crippen LogP contribution in [0.5, 0.6) is 0 Å². The molecule has 0 N–H and O–H groups in total. The topological polar surface area (TPSA) is 34.6 Å². The quantitative estimate of drug-likeness (QED) is 0.860. The Labute approximate surface area is 131 Å². The van der Waals surface area contributed by atoms with E-state index >= 15 is 0 Å². The minimum atomic E-state index is 0.147. The van der Waals surface area contributed by atoms with Gasteiger partial charge < -0.3 is 9.47 Å². The summed E-state index contributed by atoms with van der Waals surface area (Å²) in [6.07, 6.45) is 4.92. The fourth-order valence-corrected chi connectivity index (χ4v) is 3.96. The molecular formula is C16H26N2O2S. The zero-order valence-corrected chi connectivity index (χ0v) is 14.1. The molecule has 0 radical (unpaired) electrons. The smallest absolute Gasteiger partial charge is 0.0981 e. The molecule has 0 saturated carbocycles. The summed E-state index contributed by atoms with van der Waals surface area (Å²) in [7, 11) is 0. The van der Waals surface area contributed by atoms with Crippen molar-refractivity contribution >= 4 is 11.3 Å². The van der Waals surface area contributed by atoms with Crippen LogP contribution in [0.3, 0.4) is 0 Å². The Morgan fingerprint density at radius 3 is 2.76 bits per heavy atom. The van der Waals surface area contributed by atoms with Crippen molar-refractivity contribution in [2.75, 3.05) is 26.3 Å². The van der Waals surface area contributed by atoms with Gasteiger partial charge in [0.05, 0.1) is 23.8 Å². The van der Waals surface area contributed by atoms with Gasteiger partial charge in [0, 0.05) is 42.7 Å². The molecule has 2 aliphatic rings. The van der Waals surface area contributed by atoms with Gasteiger partial charge in [0.1, 0.15) is 0 Å². The molecule has 118 valence electrons. The number of nitrogens with zero attached hydrogens (tertiary/aromatic N) is 2. The molecule has 5 heteroatoms. The zero-order chi connectivity index (χ0) is 14.9. The molecule has 4 nitrogen and oxygen atoms in total. The summed E-state index contributed by atoms with van der Waals surface area (Å²) in [5, 5.41) is 1.22. The van der Waals surface area contributed by atoms with Crippen molar-refractivity contribution in [2.24, 2.45) is 0 Å². The molecule has 0 amide bonds. The average molecular weight is 310 g/mol. The lowest BCUT2D eigenvalue weighted by atomic mass is 9.98. The molecule has 1 aromatic rings. The molecule has 0 aliphatic carbocycles. The van der Waals surface area contributed by atoms with Crippen LogP contribution in [0, 0.1) is 0 Å². The SMILES string of the molecule is CC(C)(C)c1ncc(CN2CCOC(C3CCCO3)C2)s1. The van der Waals surface area contributed by atoms with Gasteiger partial charge in [-0.05, 0) is 12.8 Å². The van der Waals surface area contributed by atoms with Crippen molar-refractivity contribution in [3.63, 3.8) is 0 Å². The lowest BCUT2D eigenvalue weighted by Gasteiger charge is -2.35. The van der Waals surface area contributed by atoms with Crippen molar-refractivity contribution in [1.29, 1.82) is 0 Å². The molecule has 2 aliphatic heterocycles. The van der Waals surface area contributed by atoms with Gasteiger partial charge >= 0.3 is 0 Å². The third-order valence-corrected chi connectivity index (χ3v) is 5.54. The van der Waals surface area contributed by atoms with Crippen molar-refractivity contribution in [3.05, 3.63) is 16.1 Å². The van der Waals surface area contributed by atoms with Crippen LogP contribution in [0.25, 0.3) is 0 Å². The third-order valence-electron chi connectivity index (χ3n) is 4.13. The second-order valence-corrected chi connectivity index (χ2v) is 8.19. The van der Waals surface area contributed by atoms with Crippen molar-refractivity contribution in [3.8, 4) is 0 Å². The molecule has 2 fully saturated rings. The molecule has 0 bridgehead atoms. The second kappa shape index (κ2) is 6.32. The van der Waals surface area contributed by atoms with E-state index in [4.69, 9.17) is 9.47 Å². The highest BCUT2D eigenvalue weighted by Crippen LogP contribution is 2.28. The number of hydrogen-bond donors (Lipinski definition) is 0. The molecule has 2 saturated heterocycles. The summed E-state index contributed by atoms with van der Waals surface area (Å²) >= 11 is 1.84. The van der Waals surface area contributed by atoms with Gasteiger partial charge in [-0.15, -0.1) is 11.3 Å². The Kier molecular flexibility index (Phi) is 4.64. The van der Waals surface area contributed by atoms with Crippen LogP contribution < -0.4 is 0 Å². The van der Waals surface area contributed by atoms with E-state index in [0.29, 0.717) is 6.10 Å². The van der Waals surface area contributed by atoms with Gasteiger partial charge in [-0.3, -0.25) is 4.90 Å². The summed E-state index contributed by atoms with van der Waals surface area (Å²) in [5.41, 5.74) is 0.147. The molecule has 2 unspecified atom stereocenters. The summed E-state index contributed by atoms with van der Waals surface area (Å²) in [5.74, 6) is 0. The number of hydrogen-bond acceptors (Lipinski definition) is 5. The third kappa shape index (κ3) is 3.83. The van der Waals surface area contributed by atoms with Gasteiger partial charge in [-0.25, -0.2) is 4.98 Å². The lowest BCUT2D eigenvalue weighted by molar-refractivity contribution is -0.0958. The highest BCUT2D eigenvalue weighted by Gasteiger charge is 2.31. The zero-order valence-electron chi connectivity index (χ0n) is 13.3. The fraction of sp³-hybridized carbons (Fsp3) is 0.812. The maximum absolute atomic E-state index is 5.91. The highest BCUT2D eigenvalue weighted by atomic mass is 32.1. The Morgan fingerprint density at radius 2 is 2.10 bits per heavy atom. The number of thiazole rings is 1. The number of aromatic nitrogens is 1. The second-order valence-electron chi connectivity index (χ2n) is 7.08. The van der Waals surface area contributed by atoms with E-state index in [2.05, 4.69) is 30.7 Å². The van der Waals surface area contributed by atoms with Gasteiger partial charge in [0.25, 0.3) is 0 Å². The van der Waals surface area contributed by atoms with Crippen LogP contribution in [-0.4, -0.2) is 48.4 Å². The van der Waals surface area contributed by atoms with E-state index in [1.54, 1.807) is 0 Å². The maximum atomic E-state index is 5.91. The summed E-state index contributed by atoms with van der Waals surface area (Å²) in [6, 6.07) is 0. The van der Waals surface area contributed by atoms with Crippen LogP contribution in [0.4, 0.5) is 0 Å². The minimum absolute atomic E-state index is 0.147. The molecular weight excluding hydrogens is 284 g/mol. The Bertz CT molecular complexity index is 463. The first-order valence-corrected chi connectivity index (χ1v) is 8.75. The number of ether oxygens (including phenoxy) is 2. The van der Waals surface area contributed by atoms with E-state index in [1.165, 1.54) is 16.3 Å². The van der Waals surface area contributed by atoms with Crippen LogP contribution in [-0.2, 0) is 21.4 Å². The summed E-state index contributed by atoms with van der Waals surface area (Å²) in [4.78, 5) is 8.42. The van der Waals surface area contributed by atoms with Crippen molar-refractivity contribution in [2.45, 2.75) is 57.8 Å². The molecule has 0 aromatic carbocycles. The van der Waals surface area contributed by atoms with Crippen molar-refractivity contribution in [1.82, 2.24) is 9.88 Å². The predicted molar refractivity (Wildman–Crippen MR) is 84.8 cm³/mol. The molecule has 21 heavy (non-hydrogen) atoms. The number of rotatable bonds is 3. The fourth-order valence-electron chi connectivity index (χ4n) is 2.94. The Balaban J connectivity index is 1.58. The van der Waals surface area contributed by atoms with Gasteiger partial charge in [0.2, 0.25) is 0 Å². The highest BCUT2D eigenvalue weighted by molar-refractivity contribution is 7.11. The van der Waals surface area contributed by atoms with E-state index < -0.39 is 0 Å². The Morgan fingerprint density at radius 1 is 1.29 bits per heavy atom. The largest absolute Gasteiger partial charge is 0.375 e. The first kappa shape index (κ1) is 15.4. The number of morpholine rings is 1. The minimum Gasteiger partial charge on any atom is -0.375 e. The standard InChI is InChI=1S/C16H26N2O2S/c1-16(2,3)15-17-9-12(21-15)10-18-6-8-20-14(11-18)13-5-4-7-19-13/h9,13-14H,4-8,10-11H2,1-3H3. The Hall–Kier alpha value is -0.490. The van der Waals surface area contributed by atoms with Gasteiger partial charge in [-0.1, -0.05) is 20.8 Å². The maximum Gasteiger partial charge on any atom is 0.0981 e. The normalized spacial score (nSPS) is 28.1. The van der Waals surface area contributed by atoms with Gasteiger partial charge in [0.15, 0.2) is 0 Å². The summed E-state index contributed by atoms with van der Waals surface area (Å²) < 4.78 is 11.7. The lowest BCUT2D eigenvalue weighted by Crippen LogP contribution is -2.47. The molecule has 3 rings (SSSR count). The molecule has 2 atom stereocenters. The van der Waals surface area contributed by atoms with E-state index in [9.17, 15) is 0 Å². The van der Waals surface area contributed by atoms with Crippen LogP contribution in [0.1, 0.15) is 43.5 Å². The first-order valence-electron chi connectivity index (χ1n) is 7.93. The van der Waals surface area contributed by atoms with Crippen LogP contribution >= 0.6 is 11.3 Å². The van der Waals surface area contributed by atoms with E-state index in [0.717, 1.165) is 39.3 Å². The molecule has 0 spiro atoms. The van der Waals surface area contributed by atoms with Gasteiger partial charge in [-0.2, -0.15) is 0 Å². The van der Waals surface area contributed by atoms with E-state index in [-0.39, 0.29) is 11.5 Å². The predicted octanol–water partition coefficient (Wildman–Crippen LogP) is 2.82. The van der Waals surface area contributed by atoms with E-state index in [1.807, 2.05) is 17.5 Å². The average Bonchev–Trinajstić information content (AvgIpc) is 3.09. The first-order chi connectivity index (χ1) is 10.0. The summed E-state index contributed by atoms with van der Waals surface area (Å²) in [6.45, 7) is 11.3. The molecule has 1 aromatic heterocycles. The van der Waals surface area contributed by atoms with Crippen molar-refractivity contribution < 1.29 is 9.47 Å². The van der Waals surface area contributed by atoms with Crippen LogP contribution in [0.2, 0.25) is 0 Å². The molecule has 3 heterocycles. The van der Waals surface area contributed by atoms with Crippen LogP contribution in [0.15, 0.2) is 6.20 Å². The monoisotopic (exact) mass is 310 g/mol.